The molecule has 6 nitrogen and oxygen atoms in total. The lowest BCUT2D eigenvalue weighted by atomic mass is 10.1. The van der Waals surface area contributed by atoms with E-state index in [2.05, 4.69) is 10.3 Å². The molecule has 3 rings (SSSR count). The normalized spacial score (nSPS) is 17.8. The van der Waals surface area contributed by atoms with Gasteiger partial charge in [-0.2, -0.15) is 0 Å². The number of amides is 2. The van der Waals surface area contributed by atoms with Crippen LogP contribution in [0.15, 0.2) is 48.8 Å². The fourth-order valence-corrected chi connectivity index (χ4v) is 3.23. The third-order valence-electron chi connectivity index (χ3n) is 4.87. The highest BCUT2D eigenvalue weighted by Crippen LogP contribution is 2.24. The highest BCUT2D eigenvalue weighted by molar-refractivity contribution is 6.05. The molecule has 152 valence electrons. The van der Waals surface area contributed by atoms with Crippen LogP contribution in [-0.4, -0.2) is 29.9 Å². The zero-order valence-corrected chi connectivity index (χ0v) is 17.3. The molecule has 3 N–H and O–H groups in total. The van der Waals surface area contributed by atoms with Crippen molar-refractivity contribution in [3.8, 4) is 0 Å². The van der Waals surface area contributed by atoms with Crippen LogP contribution in [0, 0.1) is 5.92 Å². The molecule has 1 fully saturated rings. The summed E-state index contributed by atoms with van der Waals surface area (Å²) in [7, 11) is 1.74. The first-order chi connectivity index (χ1) is 12.5. The van der Waals surface area contributed by atoms with Gasteiger partial charge < -0.3 is 16.0 Å². The minimum absolute atomic E-state index is 0. The van der Waals surface area contributed by atoms with E-state index >= 15 is 0 Å². The van der Waals surface area contributed by atoms with Crippen LogP contribution < -0.4 is 16.0 Å². The molecular formula is C20H26Cl2N4O2. The van der Waals surface area contributed by atoms with Gasteiger partial charge in [0.15, 0.2) is 0 Å². The van der Waals surface area contributed by atoms with E-state index in [1.165, 1.54) is 0 Å². The molecule has 1 saturated carbocycles. The van der Waals surface area contributed by atoms with E-state index in [1.807, 2.05) is 24.3 Å². The van der Waals surface area contributed by atoms with Crippen molar-refractivity contribution in [2.45, 2.75) is 31.8 Å². The number of nitrogens with zero attached hydrogens (tertiary/aromatic N) is 2. The molecule has 0 spiro atoms. The zero-order chi connectivity index (χ0) is 18.5. The number of pyridine rings is 1. The van der Waals surface area contributed by atoms with E-state index in [-0.39, 0.29) is 48.6 Å². The number of anilines is 1. The van der Waals surface area contributed by atoms with E-state index < -0.39 is 0 Å². The Bertz CT molecular complexity index is 772. The lowest BCUT2D eigenvalue weighted by Gasteiger charge is -2.18. The second kappa shape index (κ2) is 11.0. The van der Waals surface area contributed by atoms with E-state index in [9.17, 15) is 9.59 Å². The van der Waals surface area contributed by atoms with Crippen LogP contribution in [0.1, 0.15) is 35.2 Å². The fourth-order valence-electron chi connectivity index (χ4n) is 3.23. The number of nitrogens with one attached hydrogen (secondary N) is 1. The highest BCUT2D eigenvalue weighted by Gasteiger charge is 2.27. The Morgan fingerprint density at radius 1 is 1.11 bits per heavy atom. The molecule has 1 aromatic carbocycles. The molecule has 2 unspecified atom stereocenters. The lowest BCUT2D eigenvalue weighted by Crippen LogP contribution is -2.30. The molecule has 0 aliphatic heterocycles. The molecule has 2 amide bonds. The average Bonchev–Trinajstić information content (AvgIpc) is 3.12. The van der Waals surface area contributed by atoms with Crippen molar-refractivity contribution >= 4 is 42.3 Å². The number of carbonyl (C=O) groups excluding carboxylic acids is 2. The molecule has 0 radical (unpaired) electrons. The minimum Gasteiger partial charge on any atom is -0.352 e. The largest absolute Gasteiger partial charge is 0.352 e. The maximum atomic E-state index is 12.4. The van der Waals surface area contributed by atoms with Crippen molar-refractivity contribution < 1.29 is 9.59 Å². The molecule has 8 heteroatoms. The van der Waals surface area contributed by atoms with Crippen LogP contribution in [0.5, 0.6) is 0 Å². The van der Waals surface area contributed by atoms with Gasteiger partial charge in [-0.25, -0.2) is 0 Å². The SMILES string of the molecule is CN(C(=O)c1ccncc1)c1ccc(CNC(=O)C2CCC(N)C2)cc1.Cl.Cl. The maximum Gasteiger partial charge on any atom is 0.258 e. The van der Waals surface area contributed by atoms with Crippen LogP contribution in [-0.2, 0) is 11.3 Å². The van der Waals surface area contributed by atoms with Crippen LogP contribution in [0.25, 0.3) is 0 Å². The van der Waals surface area contributed by atoms with Gasteiger partial charge in [-0.3, -0.25) is 14.6 Å². The Morgan fingerprint density at radius 2 is 1.75 bits per heavy atom. The Kier molecular flexibility index (Phi) is 9.38. The first-order valence-corrected chi connectivity index (χ1v) is 8.85. The van der Waals surface area contributed by atoms with Crippen molar-refractivity contribution in [2.75, 3.05) is 11.9 Å². The van der Waals surface area contributed by atoms with Gasteiger partial charge in [0, 0.05) is 49.2 Å². The number of rotatable bonds is 5. The Morgan fingerprint density at radius 3 is 2.32 bits per heavy atom. The van der Waals surface area contributed by atoms with Gasteiger partial charge in [-0.15, -0.1) is 24.8 Å². The summed E-state index contributed by atoms with van der Waals surface area (Å²) in [5.41, 5.74) is 8.25. The molecule has 0 bridgehead atoms. The summed E-state index contributed by atoms with van der Waals surface area (Å²) in [6.45, 7) is 0.479. The number of halogens is 2. The molecule has 1 aliphatic rings. The predicted octanol–water partition coefficient (Wildman–Crippen LogP) is 2.95. The quantitative estimate of drug-likeness (QED) is 0.771. The third-order valence-corrected chi connectivity index (χ3v) is 4.87. The second-order valence-electron chi connectivity index (χ2n) is 6.75. The Balaban J connectivity index is 0.00000196. The highest BCUT2D eigenvalue weighted by atomic mass is 35.5. The third kappa shape index (κ3) is 5.92. The molecule has 2 aromatic rings. The number of carbonyl (C=O) groups is 2. The smallest absolute Gasteiger partial charge is 0.258 e. The van der Waals surface area contributed by atoms with Crippen molar-refractivity contribution in [2.24, 2.45) is 11.7 Å². The van der Waals surface area contributed by atoms with E-state index in [4.69, 9.17) is 5.73 Å². The molecule has 1 heterocycles. The topological polar surface area (TPSA) is 88.3 Å². The van der Waals surface area contributed by atoms with E-state index in [1.54, 1.807) is 36.5 Å². The fraction of sp³-hybridized carbons (Fsp3) is 0.350. The van der Waals surface area contributed by atoms with Crippen LogP contribution in [0.3, 0.4) is 0 Å². The number of aromatic nitrogens is 1. The molecule has 1 aromatic heterocycles. The molecular weight excluding hydrogens is 399 g/mol. The van der Waals surface area contributed by atoms with Crippen LogP contribution >= 0.6 is 24.8 Å². The van der Waals surface area contributed by atoms with E-state index in [0.29, 0.717) is 12.1 Å². The first-order valence-electron chi connectivity index (χ1n) is 8.85. The van der Waals surface area contributed by atoms with Gasteiger partial charge in [-0.1, -0.05) is 12.1 Å². The predicted molar refractivity (Wildman–Crippen MR) is 115 cm³/mol. The summed E-state index contributed by atoms with van der Waals surface area (Å²) in [5.74, 6) is 0.0198. The second-order valence-corrected chi connectivity index (χ2v) is 6.75. The lowest BCUT2D eigenvalue weighted by molar-refractivity contribution is -0.125. The van der Waals surface area contributed by atoms with Crippen molar-refractivity contribution in [1.82, 2.24) is 10.3 Å². The Hall–Kier alpha value is -2.15. The van der Waals surface area contributed by atoms with Crippen LogP contribution in [0.4, 0.5) is 5.69 Å². The number of hydrogen-bond donors (Lipinski definition) is 2. The number of nitrogens with two attached hydrogens (primary N) is 1. The summed E-state index contributed by atoms with van der Waals surface area (Å²) >= 11 is 0. The Labute approximate surface area is 177 Å². The van der Waals surface area contributed by atoms with Gasteiger partial charge in [-0.05, 0) is 49.1 Å². The van der Waals surface area contributed by atoms with Crippen molar-refractivity contribution in [1.29, 1.82) is 0 Å². The van der Waals surface area contributed by atoms with Gasteiger partial charge in [0.05, 0.1) is 0 Å². The monoisotopic (exact) mass is 424 g/mol. The van der Waals surface area contributed by atoms with Crippen molar-refractivity contribution in [3.63, 3.8) is 0 Å². The van der Waals surface area contributed by atoms with Gasteiger partial charge >= 0.3 is 0 Å². The maximum absolute atomic E-state index is 12.4. The minimum atomic E-state index is -0.0916. The number of hydrogen-bond acceptors (Lipinski definition) is 4. The summed E-state index contributed by atoms with van der Waals surface area (Å²) in [6, 6.07) is 11.1. The van der Waals surface area contributed by atoms with Crippen LogP contribution in [0.2, 0.25) is 0 Å². The summed E-state index contributed by atoms with van der Waals surface area (Å²) in [5, 5.41) is 2.98. The van der Waals surface area contributed by atoms with Crippen molar-refractivity contribution in [3.05, 3.63) is 59.9 Å². The summed E-state index contributed by atoms with van der Waals surface area (Å²) in [6.07, 6.45) is 5.76. The van der Waals surface area contributed by atoms with Gasteiger partial charge in [0.1, 0.15) is 0 Å². The molecule has 1 aliphatic carbocycles. The molecule has 0 saturated heterocycles. The van der Waals surface area contributed by atoms with Gasteiger partial charge in [0.2, 0.25) is 5.91 Å². The summed E-state index contributed by atoms with van der Waals surface area (Å²) in [4.78, 5) is 30.1. The first kappa shape index (κ1) is 23.9. The standard InChI is InChI=1S/C20H24N4O2.2ClH/c1-24(20(26)15-8-10-22-11-9-15)18-6-2-14(3-7-18)13-23-19(25)16-4-5-17(21)12-16;;/h2-3,6-11,16-17H,4-5,12-13,21H2,1H3,(H,23,25);2*1H. The number of benzene rings is 1. The van der Waals surface area contributed by atoms with Gasteiger partial charge in [0.25, 0.3) is 5.91 Å². The zero-order valence-electron chi connectivity index (χ0n) is 15.7. The average molecular weight is 425 g/mol. The van der Waals surface area contributed by atoms with E-state index in [0.717, 1.165) is 30.5 Å². The molecule has 28 heavy (non-hydrogen) atoms. The summed E-state index contributed by atoms with van der Waals surface area (Å²) < 4.78 is 0. The molecule has 2 atom stereocenters.